The van der Waals surface area contributed by atoms with E-state index in [9.17, 15) is 15.2 Å². The molecule has 0 aliphatic rings. The van der Waals surface area contributed by atoms with Crippen molar-refractivity contribution >= 4 is 23.1 Å². The van der Waals surface area contributed by atoms with Crippen molar-refractivity contribution in [2.24, 2.45) is 0 Å². The Morgan fingerprint density at radius 1 is 1.65 bits per heavy atom. The fourth-order valence-corrected chi connectivity index (χ4v) is 1.36. The van der Waals surface area contributed by atoms with E-state index in [0.29, 0.717) is 0 Å². The molecular formula is C8H7ClN4O4. The number of hydrogen-bond donors (Lipinski definition) is 3. The highest BCUT2D eigenvalue weighted by molar-refractivity contribution is 6.30. The van der Waals surface area contributed by atoms with Gasteiger partial charge in [-0.1, -0.05) is 11.6 Å². The molecule has 4 N–H and O–H groups in total. The molecule has 0 fully saturated rings. The Kier molecular flexibility index (Phi) is 3.80. The maximum atomic E-state index is 10.6. The molecule has 0 saturated heterocycles. The van der Waals surface area contributed by atoms with E-state index in [2.05, 4.69) is 4.98 Å². The molecule has 0 aliphatic carbocycles. The average molecular weight is 259 g/mol. The maximum Gasteiger partial charge on any atom is 0.311 e. The first-order valence-corrected chi connectivity index (χ1v) is 4.62. The Hall–Kier alpha value is -1.95. The van der Waals surface area contributed by atoms with Crippen molar-refractivity contribution in [2.45, 2.75) is 12.2 Å². The second kappa shape index (κ2) is 4.92. The van der Waals surface area contributed by atoms with Crippen LogP contribution in [0, 0.1) is 21.4 Å². The van der Waals surface area contributed by atoms with Crippen LogP contribution in [0.1, 0.15) is 11.7 Å². The van der Waals surface area contributed by atoms with Crippen LogP contribution in [0.3, 0.4) is 0 Å². The number of aliphatic hydroxyl groups excluding tert-OH is 2. The lowest BCUT2D eigenvalue weighted by Gasteiger charge is -2.13. The SMILES string of the molecule is N#CC(O)C(O)c1cc([N+](=O)[O-])c(N)nc1Cl. The van der Waals surface area contributed by atoms with Gasteiger partial charge in [-0.05, 0) is 0 Å². The molecule has 2 unspecified atom stereocenters. The van der Waals surface area contributed by atoms with Crippen molar-refractivity contribution in [1.82, 2.24) is 4.98 Å². The zero-order valence-electron chi connectivity index (χ0n) is 8.24. The zero-order chi connectivity index (χ0) is 13.2. The third kappa shape index (κ3) is 2.59. The number of nitrogens with two attached hydrogens (primary N) is 1. The maximum absolute atomic E-state index is 10.6. The summed E-state index contributed by atoms with van der Waals surface area (Å²) < 4.78 is 0. The summed E-state index contributed by atoms with van der Waals surface area (Å²) in [7, 11) is 0. The first-order valence-electron chi connectivity index (χ1n) is 4.24. The zero-order valence-corrected chi connectivity index (χ0v) is 9.00. The van der Waals surface area contributed by atoms with E-state index in [1.807, 2.05) is 0 Å². The van der Waals surface area contributed by atoms with Crippen LogP contribution in [0.25, 0.3) is 0 Å². The topological polar surface area (TPSA) is 146 Å². The van der Waals surface area contributed by atoms with Crippen molar-refractivity contribution < 1.29 is 15.1 Å². The first kappa shape index (κ1) is 13.1. The van der Waals surface area contributed by atoms with Crippen LogP contribution >= 0.6 is 11.6 Å². The summed E-state index contributed by atoms with van der Waals surface area (Å²) in [4.78, 5) is 13.2. The van der Waals surface area contributed by atoms with Crippen molar-refractivity contribution in [3.8, 4) is 6.07 Å². The minimum absolute atomic E-state index is 0.235. The van der Waals surface area contributed by atoms with Gasteiger partial charge in [0.05, 0.1) is 11.0 Å². The number of hydrogen-bond acceptors (Lipinski definition) is 7. The molecule has 1 aromatic rings. The van der Waals surface area contributed by atoms with Gasteiger partial charge in [0.2, 0.25) is 5.82 Å². The Morgan fingerprint density at radius 2 is 2.24 bits per heavy atom. The lowest BCUT2D eigenvalue weighted by atomic mass is 10.1. The van der Waals surface area contributed by atoms with Crippen LogP contribution < -0.4 is 5.73 Å². The van der Waals surface area contributed by atoms with E-state index in [0.717, 1.165) is 6.07 Å². The van der Waals surface area contributed by atoms with Crippen LogP contribution in [0.2, 0.25) is 5.15 Å². The van der Waals surface area contributed by atoms with Crippen molar-refractivity contribution in [3.05, 3.63) is 26.9 Å². The fourth-order valence-electron chi connectivity index (χ4n) is 1.10. The van der Waals surface area contributed by atoms with E-state index in [4.69, 9.17) is 27.7 Å². The summed E-state index contributed by atoms with van der Waals surface area (Å²) >= 11 is 5.61. The number of nitrogens with zero attached hydrogens (tertiary/aromatic N) is 3. The van der Waals surface area contributed by atoms with Crippen LogP contribution in [0.5, 0.6) is 0 Å². The quantitative estimate of drug-likeness (QED) is 0.302. The van der Waals surface area contributed by atoms with Crippen molar-refractivity contribution in [2.75, 3.05) is 5.73 Å². The smallest absolute Gasteiger partial charge is 0.311 e. The minimum Gasteiger partial charge on any atom is -0.384 e. The molecule has 0 radical (unpaired) electrons. The monoisotopic (exact) mass is 258 g/mol. The summed E-state index contributed by atoms with van der Waals surface area (Å²) in [5.41, 5.74) is 4.46. The molecule has 9 heteroatoms. The second-order valence-corrected chi connectivity index (χ2v) is 3.41. The third-order valence-corrected chi connectivity index (χ3v) is 2.26. The predicted octanol–water partition coefficient (Wildman–Crippen LogP) is 0.143. The Labute approximate surface area is 100 Å². The van der Waals surface area contributed by atoms with Gasteiger partial charge in [0.25, 0.3) is 0 Å². The number of nitriles is 1. The van der Waals surface area contributed by atoms with Crippen LogP contribution in [0.4, 0.5) is 11.5 Å². The van der Waals surface area contributed by atoms with E-state index < -0.39 is 28.6 Å². The molecule has 0 aromatic carbocycles. The number of pyridine rings is 1. The molecule has 0 amide bonds. The Morgan fingerprint density at radius 3 is 2.71 bits per heavy atom. The fraction of sp³-hybridized carbons (Fsp3) is 0.250. The van der Waals surface area contributed by atoms with Gasteiger partial charge < -0.3 is 15.9 Å². The molecular weight excluding hydrogens is 252 g/mol. The van der Waals surface area contributed by atoms with Gasteiger partial charge in [0, 0.05) is 11.6 Å². The summed E-state index contributed by atoms with van der Waals surface area (Å²) in [5, 5.41) is 37.3. The number of halogens is 1. The van der Waals surface area contributed by atoms with E-state index in [1.165, 1.54) is 6.07 Å². The van der Waals surface area contributed by atoms with E-state index in [-0.39, 0.29) is 10.7 Å². The van der Waals surface area contributed by atoms with Gasteiger partial charge >= 0.3 is 5.69 Å². The average Bonchev–Trinajstić information content (AvgIpc) is 2.26. The Balaban J connectivity index is 3.30. The molecule has 0 saturated carbocycles. The van der Waals surface area contributed by atoms with Gasteiger partial charge in [-0.3, -0.25) is 10.1 Å². The molecule has 1 aromatic heterocycles. The first-order chi connectivity index (χ1) is 7.88. The molecule has 1 heterocycles. The highest BCUT2D eigenvalue weighted by atomic mass is 35.5. The molecule has 0 spiro atoms. The number of nitro groups is 1. The van der Waals surface area contributed by atoms with Crippen molar-refractivity contribution in [1.29, 1.82) is 5.26 Å². The number of aromatic nitrogens is 1. The van der Waals surface area contributed by atoms with Crippen LogP contribution in [0.15, 0.2) is 6.07 Å². The van der Waals surface area contributed by atoms with E-state index in [1.54, 1.807) is 0 Å². The largest absolute Gasteiger partial charge is 0.384 e. The number of rotatable bonds is 3. The van der Waals surface area contributed by atoms with Gasteiger partial charge in [-0.15, -0.1) is 0 Å². The molecule has 90 valence electrons. The number of nitrogen functional groups attached to an aromatic ring is 1. The van der Waals surface area contributed by atoms with Crippen LogP contribution in [-0.4, -0.2) is 26.2 Å². The molecule has 8 nitrogen and oxygen atoms in total. The van der Waals surface area contributed by atoms with Gasteiger partial charge in [-0.2, -0.15) is 5.26 Å². The van der Waals surface area contributed by atoms with Gasteiger partial charge in [0.1, 0.15) is 11.3 Å². The second-order valence-electron chi connectivity index (χ2n) is 3.05. The molecule has 1 rings (SSSR count). The summed E-state index contributed by atoms with van der Waals surface area (Å²) in [5.74, 6) is -0.414. The molecule has 0 bridgehead atoms. The van der Waals surface area contributed by atoms with E-state index >= 15 is 0 Å². The molecule has 0 aliphatic heterocycles. The molecule has 17 heavy (non-hydrogen) atoms. The number of anilines is 1. The lowest BCUT2D eigenvalue weighted by molar-refractivity contribution is -0.384. The predicted molar refractivity (Wildman–Crippen MR) is 56.9 cm³/mol. The third-order valence-electron chi connectivity index (χ3n) is 1.96. The molecule has 2 atom stereocenters. The minimum atomic E-state index is -1.77. The standard InChI is InChI=1S/C8H7ClN4O4/c9-7-3(6(15)5(14)2-10)1-4(13(16)17)8(11)12-7/h1,5-6,14-15H,(H2,11,12). The van der Waals surface area contributed by atoms with Crippen molar-refractivity contribution in [3.63, 3.8) is 0 Å². The Bertz CT molecular complexity index is 501. The highest BCUT2D eigenvalue weighted by Gasteiger charge is 2.25. The van der Waals surface area contributed by atoms with Crippen LogP contribution in [-0.2, 0) is 0 Å². The summed E-state index contributed by atoms with van der Waals surface area (Å²) in [6.45, 7) is 0. The summed E-state index contributed by atoms with van der Waals surface area (Å²) in [6, 6.07) is 2.24. The van der Waals surface area contributed by atoms with Gasteiger partial charge in [0.15, 0.2) is 6.10 Å². The normalized spacial score (nSPS) is 13.8. The summed E-state index contributed by atoms with van der Waals surface area (Å²) in [6.07, 6.45) is -3.46. The lowest BCUT2D eigenvalue weighted by Crippen LogP contribution is -2.17. The van der Waals surface area contributed by atoms with Gasteiger partial charge in [-0.25, -0.2) is 4.98 Å². The number of aliphatic hydroxyl groups is 2. The highest BCUT2D eigenvalue weighted by Crippen LogP contribution is 2.30.